The summed E-state index contributed by atoms with van der Waals surface area (Å²) >= 11 is 9.28. The molecule has 0 atom stereocenters. The molecule has 0 aliphatic rings. The summed E-state index contributed by atoms with van der Waals surface area (Å²) in [6.07, 6.45) is 1.14. The van der Waals surface area contributed by atoms with Gasteiger partial charge in [0.15, 0.2) is 0 Å². The number of hydrogen-bond acceptors (Lipinski definition) is 7. The van der Waals surface area contributed by atoms with Crippen molar-refractivity contribution in [2.75, 3.05) is 10.7 Å². The molecule has 3 aromatic rings. The van der Waals surface area contributed by atoms with Gasteiger partial charge in [-0.1, -0.05) is 29.8 Å². The summed E-state index contributed by atoms with van der Waals surface area (Å²) in [6.45, 7) is 1.82. The Labute approximate surface area is 178 Å². The fourth-order valence-electron chi connectivity index (χ4n) is 2.42. The monoisotopic (exact) mass is 476 g/mol. The van der Waals surface area contributed by atoms with E-state index in [-0.39, 0.29) is 11.6 Å². The highest BCUT2D eigenvalue weighted by Crippen LogP contribution is 2.32. The fraction of sp³-hybridized carbons (Fsp3) is 0.0556. The summed E-state index contributed by atoms with van der Waals surface area (Å²) in [6, 6.07) is 11.9. The number of aryl methyl sites for hydroxylation is 1. The molecule has 0 radical (unpaired) electrons. The molecule has 0 bridgehead atoms. The van der Waals surface area contributed by atoms with Gasteiger partial charge in [-0.2, -0.15) is 0 Å². The molecular formula is C18H14BrClN6O3. The van der Waals surface area contributed by atoms with Crippen molar-refractivity contribution in [3.63, 3.8) is 0 Å². The number of aromatic nitrogens is 2. The number of anilines is 3. The third kappa shape index (κ3) is 4.79. The molecule has 3 N–H and O–H groups in total. The van der Waals surface area contributed by atoms with Crippen molar-refractivity contribution in [2.24, 2.45) is 0 Å². The number of benzene rings is 2. The summed E-state index contributed by atoms with van der Waals surface area (Å²) in [5, 5.41) is 15.0. The minimum atomic E-state index is -0.644. The lowest BCUT2D eigenvalue weighted by atomic mass is 10.2. The van der Waals surface area contributed by atoms with E-state index >= 15 is 0 Å². The minimum absolute atomic E-state index is 0.0481. The highest BCUT2D eigenvalue weighted by molar-refractivity contribution is 9.10. The van der Waals surface area contributed by atoms with Gasteiger partial charge in [0.2, 0.25) is 11.6 Å². The van der Waals surface area contributed by atoms with Crippen LogP contribution in [0.5, 0.6) is 0 Å². The average Bonchev–Trinajstić information content (AvgIpc) is 2.69. The first-order valence-electron chi connectivity index (χ1n) is 8.20. The molecular weight excluding hydrogens is 464 g/mol. The van der Waals surface area contributed by atoms with E-state index in [1.807, 2.05) is 6.92 Å². The van der Waals surface area contributed by atoms with Crippen molar-refractivity contribution in [1.82, 2.24) is 15.4 Å². The van der Waals surface area contributed by atoms with Crippen LogP contribution in [0.15, 0.2) is 53.3 Å². The van der Waals surface area contributed by atoms with E-state index in [9.17, 15) is 14.9 Å². The van der Waals surface area contributed by atoms with Crippen LogP contribution >= 0.6 is 27.5 Å². The molecule has 0 saturated carbocycles. The lowest BCUT2D eigenvalue weighted by Crippen LogP contribution is -2.30. The van der Waals surface area contributed by atoms with Gasteiger partial charge in [-0.25, -0.2) is 9.97 Å². The molecule has 0 fully saturated rings. The van der Waals surface area contributed by atoms with E-state index < -0.39 is 16.5 Å². The van der Waals surface area contributed by atoms with Gasteiger partial charge in [0.05, 0.1) is 10.5 Å². The Balaban J connectivity index is 1.87. The standard InChI is InChI=1S/C18H14BrClN6O3/c1-10-6-7-11(20)8-14(10)23-16-15(26(28)29)17(22-9-21-16)24-25-18(27)12-4-2-3-5-13(12)19/h2-9H,1H3,(H,25,27)(H2,21,22,23,24). The number of amides is 1. The zero-order valence-corrected chi connectivity index (χ0v) is 17.3. The Morgan fingerprint density at radius 3 is 2.62 bits per heavy atom. The molecule has 29 heavy (non-hydrogen) atoms. The summed E-state index contributed by atoms with van der Waals surface area (Å²) in [4.78, 5) is 31.2. The molecule has 1 aromatic heterocycles. The summed E-state index contributed by atoms with van der Waals surface area (Å²) in [5.74, 6) is -0.717. The maximum atomic E-state index is 12.3. The first kappa shape index (κ1) is 20.5. The number of carbonyl (C=O) groups excluding carboxylic acids is 1. The van der Waals surface area contributed by atoms with Crippen molar-refractivity contribution in [3.8, 4) is 0 Å². The second-order valence-corrected chi connectivity index (χ2v) is 7.11. The van der Waals surface area contributed by atoms with Crippen LogP contribution in [-0.2, 0) is 0 Å². The lowest BCUT2D eigenvalue weighted by molar-refractivity contribution is -0.383. The predicted molar refractivity (Wildman–Crippen MR) is 113 cm³/mol. The molecule has 9 nitrogen and oxygen atoms in total. The first-order chi connectivity index (χ1) is 13.9. The summed E-state index contributed by atoms with van der Waals surface area (Å²) < 4.78 is 0.579. The van der Waals surface area contributed by atoms with Gasteiger partial charge < -0.3 is 5.32 Å². The maximum Gasteiger partial charge on any atom is 0.355 e. The van der Waals surface area contributed by atoms with Crippen LogP contribution in [0.2, 0.25) is 5.02 Å². The van der Waals surface area contributed by atoms with E-state index in [0.29, 0.717) is 20.7 Å². The largest absolute Gasteiger partial charge is 0.355 e. The molecule has 0 aliphatic carbocycles. The quantitative estimate of drug-likeness (QED) is 0.350. The number of nitrogens with one attached hydrogen (secondary N) is 3. The first-order valence-corrected chi connectivity index (χ1v) is 9.37. The van der Waals surface area contributed by atoms with E-state index in [0.717, 1.165) is 11.9 Å². The Bertz CT molecular complexity index is 1090. The third-order valence-electron chi connectivity index (χ3n) is 3.87. The Hall–Kier alpha value is -3.24. The van der Waals surface area contributed by atoms with Gasteiger partial charge in [-0.3, -0.25) is 25.8 Å². The summed E-state index contributed by atoms with van der Waals surface area (Å²) in [5.41, 5.74) is 6.19. The minimum Gasteiger partial charge on any atom is -0.334 e. The SMILES string of the molecule is Cc1ccc(Cl)cc1Nc1ncnc(NNC(=O)c2ccccc2Br)c1[N+](=O)[O-]. The van der Waals surface area contributed by atoms with Gasteiger partial charge in [0, 0.05) is 15.2 Å². The Kier molecular flexibility index (Phi) is 6.25. The number of carbonyl (C=O) groups is 1. The lowest BCUT2D eigenvalue weighted by Gasteiger charge is -2.12. The van der Waals surface area contributed by atoms with Crippen molar-refractivity contribution in [1.29, 1.82) is 0 Å². The Morgan fingerprint density at radius 2 is 1.90 bits per heavy atom. The third-order valence-corrected chi connectivity index (χ3v) is 4.80. The molecule has 1 heterocycles. The van der Waals surface area contributed by atoms with E-state index in [4.69, 9.17) is 11.6 Å². The van der Waals surface area contributed by atoms with Crippen LogP contribution in [0.1, 0.15) is 15.9 Å². The molecule has 0 aliphatic heterocycles. The smallest absolute Gasteiger partial charge is 0.334 e. The highest BCUT2D eigenvalue weighted by Gasteiger charge is 2.24. The van der Waals surface area contributed by atoms with Crippen LogP contribution in [0.4, 0.5) is 23.0 Å². The molecule has 1 amide bonds. The highest BCUT2D eigenvalue weighted by atomic mass is 79.9. The van der Waals surface area contributed by atoms with Crippen LogP contribution in [0.25, 0.3) is 0 Å². The maximum absolute atomic E-state index is 12.3. The van der Waals surface area contributed by atoms with Crippen LogP contribution in [0.3, 0.4) is 0 Å². The van der Waals surface area contributed by atoms with E-state index in [1.54, 1.807) is 42.5 Å². The number of hydrazine groups is 1. The van der Waals surface area contributed by atoms with Crippen molar-refractivity contribution in [3.05, 3.63) is 79.5 Å². The van der Waals surface area contributed by atoms with Crippen molar-refractivity contribution in [2.45, 2.75) is 6.92 Å². The second kappa shape index (κ2) is 8.84. The van der Waals surface area contributed by atoms with E-state index in [2.05, 4.69) is 42.1 Å². The number of nitrogens with zero attached hydrogens (tertiary/aromatic N) is 3. The molecule has 2 aromatic carbocycles. The molecule has 0 saturated heterocycles. The molecule has 11 heteroatoms. The van der Waals surface area contributed by atoms with Crippen LogP contribution < -0.4 is 16.2 Å². The van der Waals surface area contributed by atoms with Crippen molar-refractivity contribution < 1.29 is 9.72 Å². The van der Waals surface area contributed by atoms with Gasteiger partial charge >= 0.3 is 5.69 Å². The zero-order chi connectivity index (χ0) is 21.0. The van der Waals surface area contributed by atoms with Crippen LogP contribution in [-0.4, -0.2) is 20.8 Å². The topological polar surface area (TPSA) is 122 Å². The predicted octanol–water partition coefficient (Wildman–Crippen LogP) is 4.61. The number of rotatable bonds is 6. The average molecular weight is 478 g/mol. The summed E-state index contributed by atoms with van der Waals surface area (Å²) in [7, 11) is 0. The van der Waals surface area contributed by atoms with E-state index in [1.165, 1.54) is 0 Å². The fourth-order valence-corrected chi connectivity index (χ4v) is 3.06. The van der Waals surface area contributed by atoms with Gasteiger partial charge in [-0.05, 0) is 52.7 Å². The molecule has 3 rings (SSSR count). The number of halogens is 2. The van der Waals surface area contributed by atoms with Crippen molar-refractivity contribution >= 4 is 56.4 Å². The molecule has 148 valence electrons. The zero-order valence-electron chi connectivity index (χ0n) is 14.9. The second-order valence-electron chi connectivity index (χ2n) is 5.82. The number of hydrogen-bond donors (Lipinski definition) is 3. The Morgan fingerprint density at radius 1 is 1.17 bits per heavy atom. The van der Waals surface area contributed by atoms with Gasteiger partial charge in [-0.15, -0.1) is 0 Å². The van der Waals surface area contributed by atoms with Gasteiger partial charge in [0.1, 0.15) is 6.33 Å². The molecule has 0 spiro atoms. The van der Waals surface area contributed by atoms with Gasteiger partial charge in [0.25, 0.3) is 5.91 Å². The normalized spacial score (nSPS) is 10.3. The van der Waals surface area contributed by atoms with Crippen LogP contribution in [0, 0.1) is 17.0 Å². The number of nitro groups is 1. The molecule has 0 unspecified atom stereocenters.